The van der Waals surface area contributed by atoms with Crippen molar-refractivity contribution in [3.05, 3.63) is 30.1 Å². The molecular weight excluding hydrogens is 247 g/mol. The Bertz CT molecular complexity index is 440. The van der Waals surface area contributed by atoms with Crippen LogP contribution in [0.25, 0.3) is 0 Å². The van der Waals surface area contributed by atoms with E-state index in [1.807, 2.05) is 26.8 Å². The summed E-state index contributed by atoms with van der Waals surface area (Å²) in [6, 6.07) is 6.39. The molecule has 0 amide bonds. The highest BCUT2D eigenvalue weighted by molar-refractivity contribution is 7.99. The molecule has 0 saturated carbocycles. The van der Waals surface area contributed by atoms with E-state index >= 15 is 0 Å². The molecule has 1 rings (SSSR count). The van der Waals surface area contributed by atoms with Crippen molar-refractivity contribution in [1.82, 2.24) is 0 Å². The van der Waals surface area contributed by atoms with E-state index < -0.39 is 6.10 Å². The fraction of sp³-hybridized carbons (Fsp3) is 0.467. The van der Waals surface area contributed by atoms with E-state index in [0.29, 0.717) is 12.2 Å². The molecule has 0 fully saturated rings. The maximum atomic E-state index is 12.9. The summed E-state index contributed by atoms with van der Waals surface area (Å²) in [6.07, 6.45) is -0.0207. The maximum absolute atomic E-state index is 12.9. The molecule has 1 unspecified atom stereocenters. The Kier molecular flexibility index (Phi) is 5.71. The van der Waals surface area contributed by atoms with Gasteiger partial charge in [0, 0.05) is 22.5 Å². The monoisotopic (exact) mass is 266 g/mol. The van der Waals surface area contributed by atoms with Crippen molar-refractivity contribution in [1.29, 1.82) is 0 Å². The fourth-order valence-corrected chi connectivity index (χ4v) is 2.12. The lowest BCUT2D eigenvalue weighted by Crippen LogP contribution is -2.09. The summed E-state index contributed by atoms with van der Waals surface area (Å²) in [7, 11) is 0. The Morgan fingerprint density at radius 2 is 2.11 bits per heavy atom. The average Bonchev–Trinajstić information content (AvgIpc) is 2.25. The highest BCUT2D eigenvalue weighted by Gasteiger charge is 2.06. The Balaban J connectivity index is 2.37. The van der Waals surface area contributed by atoms with E-state index in [4.69, 9.17) is 0 Å². The van der Waals surface area contributed by atoms with Gasteiger partial charge in [0.25, 0.3) is 0 Å². The molecule has 0 saturated heterocycles. The summed E-state index contributed by atoms with van der Waals surface area (Å²) >= 11 is 1.44. The van der Waals surface area contributed by atoms with Gasteiger partial charge in [0.15, 0.2) is 0 Å². The van der Waals surface area contributed by atoms with Gasteiger partial charge in [-0.15, -0.1) is 17.7 Å². The fourth-order valence-electron chi connectivity index (χ4n) is 1.24. The molecular formula is C15H19FOS. The van der Waals surface area contributed by atoms with Crippen LogP contribution in [0.5, 0.6) is 0 Å². The third-order valence-electron chi connectivity index (χ3n) is 2.04. The number of hydrogen-bond donors (Lipinski definition) is 1. The third-order valence-corrected chi connectivity index (χ3v) is 3.18. The van der Waals surface area contributed by atoms with Crippen molar-refractivity contribution < 1.29 is 9.50 Å². The topological polar surface area (TPSA) is 20.2 Å². The minimum absolute atomic E-state index is 0.0323. The molecule has 0 aliphatic heterocycles. The van der Waals surface area contributed by atoms with Gasteiger partial charge in [-0.25, -0.2) is 4.39 Å². The van der Waals surface area contributed by atoms with Crippen LogP contribution in [0.1, 0.15) is 27.2 Å². The molecule has 0 bridgehead atoms. The predicted molar refractivity (Wildman–Crippen MR) is 75.0 cm³/mol. The Morgan fingerprint density at radius 3 is 2.72 bits per heavy atom. The summed E-state index contributed by atoms with van der Waals surface area (Å²) < 4.78 is 12.9. The van der Waals surface area contributed by atoms with Crippen LogP contribution in [-0.2, 0) is 0 Å². The van der Waals surface area contributed by atoms with Gasteiger partial charge in [0.05, 0.1) is 6.10 Å². The molecule has 1 atom stereocenters. The molecule has 1 nitrogen and oxygen atoms in total. The van der Waals surface area contributed by atoms with Gasteiger partial charge in [-0.05, 0) is 39.0 Å². The van der Waals surface area contributed by atoms with Gasteiger partial charge < -0.3 is 5.11 Å². The van der Waals surface area contributed by atoms with E-state index in [1.165, 1.54) is 23.9 Å². The molecule has 0 radical (unpaired) electrons. The van der Waals surface area contributed by atoms with Crippen molar-refractivity contribution in [3.8, 4) is 11.8 Å². The van der Waals surface area contributed by atoms with Crippen LogP contribution in [0.2, 0.25) is 0 Å². The highest BCUT2D eigenvalue weighted by atomic mass is 32.2. The smallest absolute Gasteiger partial charge is 0.124 e. The number of benzene rings is 1. The van der Waals surface area contributed by atoms with Gasteiger partial charge in [-0.3, -0.25) is 0 Å². The maximum Gasteiger partial charge on any atom is 0.124 e. The van der Waals surface area contributed by atoms with Crippen LogP contribution in [0.4, 0.5) is 4.39 Å². The summed E-state index contributed by atoms with van der Waals surface area (Å²) in [6.45, 7) is 6.11. The van der Waals surface area contributed by atoms with Gasteiger partial charge in [-0.2, -0.15) is 0 Å². The average molecular weight is 266 g/mol. The van der Waals surface area contributed by atoms with Crippen LogP contribution in [0.15, 0.2) is 29.2 Å². The molecule has 18 heavy (non-hydrogen) atoms. The summed E-state index contributed by atoms with van der Waals surface area (Å²) in [5.74, 6) is 6.35. The normalized spacial score (nSPS) is 12.7. The van der Waals surface area contributed by atoms with Crippen LogP contribution < -0.4 is 0 Å². The van der Waals surface area contributed by atoms with Gasteiger partial charge in [0.2, 0.25) is 0 Å². The minimum Gasteiger partial charge on any atom is -0.391 e. The van der Waals surface area contributed by atoms with Gasteiger partial charge in [-0.1, -0.05) is 12.0 Å². The van der Waals surface area contributed by atoms with Crippen molar-refractivity contribution in [2.75, 3.05) is 5.75 Å². The van der Waals surface area contributed by atoms with E-state index in [2.05, 4.69) is 11.8 Å². The summed E-state index contributed by atoms with van der Waals surface area (Å²) in [4.78, 5) is 0.831. The summed E-state index contributed by atoms with van der Waals surface area (Å²) in [5.41, 5.74) is -0.0323. The molecule has 1 aromatic rings. The minimum atomic E-state index is -0.479. The predicted octanol–water partition coefficient (Wildman–Crippen LogP) is 3.72. The van der Waals surface area contributed by atoms with Crippen LogP contribution in [0, 0.1) is 23.1 Å². The zero-order valence-electron chi connectivity index (χ0n) is 11.0. The van der Waals surface area contributed by atoms with Crippen LogP contribution in [0.3, 0.4) is 0 Å². The lowest BCUT2D eigenvalue weighted by molar-refractivity contribution is 0.205. The molecule has 1 N–H and O–H groups in total. The van der Waals surface area contributed by atoms with E-state index in [-0.39, 0.29) is 11.2 Å². The molecule has 1 aromatic carbocycles. The summed E-state index contributed by atoms with van der Waals surface area (Å²) in [5, 5.41) is 9.76. The number of aliphatic hydroxyl groups excluding tert-OH is 1. The first-order valence-electron chi connectivity index (χ1n) is 5.93. The Hall–Kier alpha value is -0.980. The van der Waals surface area contributed by atoms with Crippen molar-refractivity contribution in [2.45, 2.75) is 38.2 Å². The SMILES string of the molecule is CC(C)(C)C#CCC(O)CSc1cccc(F)c1. The quantitative estimate of drug-likeness (QED) is 0.662. The number of rotatable bonds is 4. The number of hydrogen-bond acceptors (Lipinski definition) is 2. The number of halogens is 1. The van der Waals surface area contributed by atoms with E-state index in [0.717, 1.165) is 4.90 Å². The molecule has 0 aromatic heterocycles. The second kappa shape index (κ2) is 6.82. The lowest BCUT2D eigenvalue weighted by atomic mass is 9.98. The molecule has 3 heteroatoms. The number of thioether (sulfide) groups is 1. The van der Waals surface area contributed by atoms with Crippen LogP contribution in [-0.4, -0.2) is 17.0 Å². The zero-order valence-corrected chi connectivity index (χ0v) is 11.9. The third kappa shape index (κ3) is 6.68. The standard InChI is InChI=1S/C15H19FOS/c1-15(2,3)9-5-7-13(17)11-18-14-8-4-6-12(16)10-14/h4,6,8,10,13,17H,7,11H2,1-3H3. The molecule has 0 aliphatic carbocycles. The highest BCUT2D eigenvalue weighted by Crippen LogP contribution is 2.20. The second-order valence-electron chi connectivity index (χ2n) is 5.18. The second-order valence-corrected chi connectivity index (χ2v) is 6.27. The lowest BCUT2D eigenvalue weighted by Gasteiger charge is -2.09. The first kappa shape index (κ1) is 15.1. The molecule has 0 heterocycles. The molecule has 0 aliphatic rings. The van der Waals surface area contributed by atoms with Gasteiger partial charge >= 0.3 is 0 Å². The Morgan fingerprint density at radius 1 is 1.39 bits per heavy atom. The van der Waals surface area contributed by atoms with Crippen molar-refractivity contribution in [3.63, 3.8) is 0 Å². The Labute approximate surface area is 113 Å². The molecule has 0 spiro atoms. The zero-order chi connectivity index (χ0) is 13.6. The first-order chi connectivity index (χ1) is 8.37. The largest absolute Gasteiger partial charge is 0.391 e. The van der Waals surface area contributed by atoms with Gasteiger partial charge in [0.1, 0.15) is 5.82 Å². The van der Waals surface area contributed by atoms with Crippen LogP contribution >= 0.6 is 11.8 Å². The number of aliphatic hydroxyl groups is 1. The van der Waals surface area contributed by atoms with E-state index in [1.54, 1.807) is 6.07 Å². The van der Waals surface area contributed by atoms with Crippen molar-refractivity contribution >= 4 is 11.8 Å². The first-order valence-corrected chi connectivity index (χ1v) is 6.92. The van der Waals surface area contributed by atoms with Crippen molar-refractivity contribution in [2.24, 2.45) is 5.41 Å². The molecule has 98 valence electrons. The van der Waals surface area contributed by atoms with E-state index in [9.17, 15) is 9.50 Å².